The summed E-state index contributed by atoms with van der Waals surface area (Å²) in [4.78, 5) is 85.1. The van der Waals surface area contributed by atoms with E-state index >= 15 is 0 Å². The number of nitrogens with zero attached hydrogens (tertiary/aromatic N) is 4. The van der Waals surface area contributed by atoms with Gasteiger partial charge in [-0.25, -0.2) is 0 Å². The van der Waals surface area contributed by atoms with Gasteiger partial charge in [0.05, 0.1) is 35.0 Å². The summed E-state index contributed by atoms with van der Waals surface area (Å²) in [6.07, 6.45) is 10.0. The Hall–Kier alpha value is -4.86. The maximum atomic E-state index is 13.3. The molecule has 10 heteroatoms. The molecule has 46 heavy (non-hydrogen) atoms. The van der Waals surface area contributed by atoms with E-state index in [-0.39, 0.29) is 82.8 Å². The zero-order valence-corrected chi connectivity index (χ0v) is 25.0. The second-order valence-electron chi connectivity index (χ2n) is 13.7. The Morgan fingerprint density at radius 3 is 1.02 bits per heavy atom. The lowest BCUT2D eigenvalue weighted by molar-refractivity contribution is -0.124. The number of allylic oxidation sites excluding steroid dienone is 4. The number of carbonyl (C=O) groups is 6. The first-order valence-electron chi connectivity index (χ1n) is 16.2. The topological polar surface area (TPSA) is 115 Å². The van der Waals surface area contributed by atoms with Gasteiger partial charge in [-0.05, 0) is 85.0 Å². The first-order valence-corrected chi connectivity index (χ1v) is 16.2. The Balaban J connectivity index is 0.818. The monoisotopic (exact) mass is 616 g/mol. The molecule has 3 aliphatic heterocycles. The molecule has 6 amide bonds. The fourth-order valence-corrected chi connectivity index (χ4v) is 9.30. The normalized spacial score (nSPS) is 33.6. The minimum absolute atomic E-state index is 0.140. The average Bonchev–Trinajstić information content (AvgIpc) is 3.94. The van der Waals surface area contributed by atoms with Crippen molar-refractivity contribution in [3.05, 3.63) is 84.0 Å². The molecule has 2 aromatic rings. The molecule has 3 heterocycles. The van der Waals surface area contributed by atoms with E-state index in [0.717, 1.165) is 12.8 Å². The van der Waals surface area contributed by atoms with Crippen molar-refractivity contribution in [1.29, 1.82) is 0 Å². The number of imide groups is 2. The highest BCUT2D eigenvalue weighted by Gasteiger charge is 2.60. The summed E-state index contributed by atoms with van der Waals surface area (Å²) >= 11 is 0. The lowest BCUT2D eigenvalue weighted by Crippen LogP contribution is -2.50. The van der Waals surface area contributed by atoms with Crippen LogP contribution < -0.4 is 9.80 Å². The average molecular weight is 617 g/mol. The van der Waals surface area contributed by atoms with E-state index in [0.29, 0.717) is 48.7 Å². The molecule has 0 unspecified atom stereocenters. The van der Waals surface area contributed by atoms with E-state index in [4.69, 9.17) is 0 Å². The molecule has 5 fully saturated rings. The van der Waals surface area contributed by atoms with Crippen LogP contribution >= 0.6 is 0 Å². The summed E-state index contributed by atoms with van der Waals surface area (Å²) in [5, 5.41) is 0. The molecular weight excluding hydrogens is 584 g/mol. The van der Waals surface area contributed by atoms with Crippen molar-refractivity contribution < 1.29 is 28.8 Å². The van der Waals surface area contributed by atoms with Gasteiger partial charge in [0.25, 0.3) is 11.8 Å². The van der Waals surface area contributed by atoms with Crippen molar-refractivity contribution in [2.45, 2.75) is 12.8 Å². The number of carbonyl (C=O) groups excluding carboxylic acids is 6. The van der Waals surface area contributed by atoms with E-state index in [1.54, 1.807) is 58.3 Å². The Morgan fingerprint density at radius 1 is 0.457 bits per heavy atom. The van der Waals surface area contributed by atoms with Gasteiger partial charge in [0.1, 0.15) is 0 Å². The number of fused-ring (bicyclic) bond motifs is 10. The van der Waals surface area contributed by atoms with E-state index < -0.39 is 0 Å². The fourth-order valence-electron chi connectivity index (χ4n) is 9.30. The van der Waals surface area contributed by atoms with Crippen LogP contribution in [-0.4, -0.2) is 71.4 Å². The number of anilines is 2. The molecule has 4 bridgehead atoms. The Labute approximate surface area is 265 Å². The van der Waals surface area contributed by atoms with E-state index in [1.165, 1.54) is 9.80 Å². The smallest absolute Gasteiger partial charge is 0.253 e. The van der Waals surface area contributed by atoms with Crippen LogP contribution in [0.3, 0.4) is 0 Å². The van der Waals surface area contributed by atoms with Gasteiger partial charge in [-0.2, -0.15) is 0 Å². The van der Waals surface area contributed by atoms with Crippen molar-refractivity contribution in [1.82, 2.24) is 9.80 Å². The van der Waals surface area contributed by atoms with Crippen molar-refractivity contribution in [2.24, 2.45) is 47.3 Å². The first-order chi connectivity index (χ1) is 22.3. The van der Waals surface area contributed by atoms with Gasteiger partial charge < -0.3 is 9.80 Å². The summed E-state index contributed by atoms with van der Waals surface area (Å²) in [6, 6.07) is 13.3. The summed E-state index contributed by atoms with van der Waals surface area (Å²) in [5.74, 6) is -1.46. The highest BCUT2D eigenvalue weighted by molar-refractivity contribution is 6.23. The third-order valence-electron chi connectivity index (χ3n) is 11.5. The molecular formula is C36H32N4O6. The third kappa shape index (κ3) is 3.75. The van der Waals surface area contributed by atoms with Crippen LogP contribution in [0, 0.1) is 47.3 Å². The van der Waals surface area contributed by atoms with E-state index in [9.17, 15) is 28.8 Å². The number of hydrogen-bond donors (Lipinski definition) is 0. The number of hydrogen-bond acceptors (Lipinski definition) is 6. The van der Waals surface area contributed by atoms with Gasteiger partial charge in [0.2, 0.25) is 23.6 Å². The third-order valence-corrected chi connectivity index (χ3v) is 11.5. The molecule has 8 atom stereocenters. The first kappa shape index (κ1) is 27.5. The highest BCUT2D eigenvalue weighted by atomic mass is 16.2. The lowest BCUT2D eigenvalue weighted by Gasteiger charge is -2.35. The van der Waals surface area contributed by atoms with Crippen molar-refractivity contribution in [3.8, 4) is 0 Å². The predicted molar refractivity (Wildman–Crippen MR) is 165 cm³/mol. The Morgan fingerprint density at radius 2 is 0.739 bits per heavy atom. The molecule has 0 aromatic heterocycles. The molecule has 0 radical (unpaired) electrons. The van der Waals surface area contributed by atoms with Crippen LogP contribution in [0.25, 0.3) is 0 Å². The van der Waals surface area contributed by atoms with Crippen LogP contribution in [0.4, 0.5) is 11.4 Å². The zero-order chi connectivity index (χ0) is 31.4. The van der Waals surface area contributed by atoms with Gasteiger partial charge in [0, 0.05) is 37.3 Å². The van der Waals surface area contributed by atoms with Crippen LogP contribution in [0.5, 0.6) is 0 Å². The quantitative estimate of drug-likeness (QED) is 0.386. The van der Waals surface area contributed by atoms with Gasteiger partial charge in [-0.1, -0.05) is 24.3 Å². The zero-order valence-electron chi connectivity index (χ0n) is 25.0. The van der Waals surface area contributed by atoms with E-state index in [1.807, 2.05) is 0 Å². The molecule has 10 nitrogen and oxygen atoms in total. The molecule has 4 aliphatic carbocycles. The molecule has 2 aromatic carbocycles. The standard InChI is InChI=1S/C36H32N4O6/c41-31(19-5-9-25(10-6-19)39-33(43)27-21-1-2-22(17-21)28(27)34(39)44)37-13-15-38(16-14-37)32(42)20-7-11-26(12-8-20)40-35(45)29-23-3-4-24(18-23)30(29)36(40)46/h1-12,21-24,27-30H,13-18H2/t21-,22-,23-,24-,27-,28-,29-,30+/m0/s1. The summed E-state index contributed by atoms with van der Waals surface area (Å²) < 4.78 is 0. The van der Waals surface area contributed by atoms with E-state index in [2.05, 4.69) is 24.3 Å². The number of amides is 6. The van der Waals surface area contributed by atoms with Crippen molar-refractivity contribution in [2.75, 3.05) is 36.0 Å². The van der Waals surface area contributed by atoms with Crippen molar-refractivity contribution in [3.63, 3.8) is 0 Å². The number of rotatable bonds is 4. The maximum absolute atomic E-state index is 13.3. The predicted octanol–water partition coefficient (Wildman–Crippen LogP) is 2.91. The number of benzene rings is 2. The van der Waals surface area contributed by atoms with Crippen molar-refractivity contribution >= 4 is 46.8 Å². The van der Waals surface area contributed by atoms with Gasteiger partial charge in [-0.3, -0.25) is 38.6 Å². The van der Waals surface area contributed by atoms with Gasteiger partial charge >= 0.3 is 0 Å². The van der Waals surface area contributed by atoms with Gasteiger partial charge in [0.15, 0.2) is 0 Å². The summed E-state index contributed by atoms with van der Waals surface area (Å²) in [7, 11) is 0. The van der Waals surface area contributed by atoms with Crippen LogP contribution in [0.15, 0.2) is 72.8 Å². The number of piperazine rings is 1. The fraction of sp³-hybridized carbons (Fsp3) is 0.389. The second-order valence-corrected chi connectivity index (χ2v) is 13.7. The Bertz CT molecular complexity index is 1600. The molecule has 7 aliphatic rings. The lowest BCUT2D eigenvalue weighted by atomic mass is 9.85. The molecule has 9 rings (SSSR count). The minimum atomic E-state index is -0.271. The largest absolute Gasteiger partial charge is 0.335 e. The van der Waals surface area contributed by atoms with Crippen LogP contribution in [0.1, 0.15) is 33.6 Å². The molecule has 3 saturated heterocycles. The molecule has 232 valence electrons. The summed E-state index contributed by atoms with van der Waals surface area (Å²) in [6.45, 7) is 1.45. The van der Waals surface area contributed by atoms with Crippen LogP contribution in [-0.2, 0) is 19.2 Å². The Kier molecular flexibility index (Phi) is 5.86. The van der Waals surface area contributed by atoms with Gasteiger partial charge in [-0.15, -0.1) is 0 Å². The molecule has 0 spiro atoms. The second kappa shape index (κ2) is 9.82. The highest BCUT2D eigenvalue weighted by Crippen LogP contribution is 2.54. The SMILES string of the molecule is O=C(c1ccc(N2C(=O)[C@@H]3[C@@H](C2=O)[C@H]2C=C[C@H]3C2)cc1)N1CCN(C(=O)c2ccc(N3C(=O)[C@@H]4[C@H](C3=O)[C@H]3C=C[C@H]4C3)cc2)CC1. The maximum Gasteiger partial charge on any atom is 0.253 e. The minimum Gasteiger partial charge on any atom is -0.335 e. The van der Waals surface area contributed by atoms with Crippen LogP contribution in [0.2, 0.25) is 0 Å². The molecule has 2 saturated carbocycles. The summed E-state index contributed by atoms with van der Waals surface area (Å²) in [5.41, 5.74) is 1.90. The molecule has 0 N–H and O–H groups in total.